The van der Waals surface area contributed by atoms with E-state index in [4.69, 9.17) is 4.42 Å². The number of aryl methyl sites for hydroxylation is 3. The molecule has 0 fully saturated rings. The maximum absolute atomic E-state index is 12.6. The first-order valence-corrected chi connectivity index (χ1v) is 8.18. The van der Waals surface area contributed by atoms with E-state index in [9.17, 15) is 4.79 Å². The minimum atomic E-state index is -0.150. The number of amides is 1. The van der Waals surface area contributed by atoms with Gasteiger partial charge in [-0.3, -0.25) is 14.2 Å². The second-order valence-corrected chi connectivity index (χ2v) is 6.39. The standard InChI is InChI=1S/C18H23N5O2/c1-12-8-13(2)23(20-12)11-16-6-7-17(25-16)18(24)21(4)10-15-9-19-22(5)14(15)3/h6-9H,10-11H2,1-5H3. The Kier molecular flexibility index (Phi) is 4.48. The number of furan rings is 1. The highest BCUT2D eigenvalue weighted by Gasteiger charge is 2.18. The van der Waals surface area contributed by atoms with Crippen LogP contribution in [0.2, 0.25) is 0 Å². The molecule has 0 radical (unpaired) electrons. The number of hydrogen-bond donors (Lipinski definition) is 0. The topological polar surface area (TPSA) is 69.1 Å². The fraction of sp³-hybridized carbons (Fsp3) is 0.389. The maximum atomic E-state index is 12.6. The van der Waals surface area contributed by atoms with Gasteiger partial charge in [0.1, 0.15) is 5.76 Å². The molecule has 0 saturated carbocycles. The summed E-state index contributed by atoms with van der Waals surface area (Å²) >= 11 is 0. The van der Waals surface area contributed by atoms with Gasteiger partial charge in [-0.2, -0.15) is 10.2 Å². The van der Waals surface area contributed by atoms with Crippen LogP contribution in [0, 0.1) is 20.8 Å². The van der Waals surface area contributed by atoms with Crippen LogP contribution in [0.15, 0.2) is 28.8 Å². The summed E-state index contributed by atoms with van der Waals surface area (Å²) in [4.78, 5) is 14.2. The number of carbonyl (C=O) groups excluding carboxylic acids is 1. The van der Waals surface area contributed by atoms with Crippen LogP contribution in [-0.2, 0) is 20.1 Å². The summed E-state index contributed by atoms with van der Waals surface area (Å²) in [6, 6.07) is 5.56. The quantitative estimate of drug-likeness (QED) is 0.715. The Bertz CT molecular complexity index is 903. The molecule has 0 unspecified atom stereocenters. The summed E-state index contributed by atoms with van der Waals surface area (Å²) in [6.45, 7) is 6.94. The normalized spacial score (nSPS) is 11.1. The van der Waals surface area contributed by atoms with Crippen molar-refractivity contribution >= 4 is 5.91 Å². The van der Waals surface area contributed by atoms with Gasteiger partial charge < -0.3 is 9.32 Å². The highest BCUT2D eigenvalue weighted by Crippen LogP contribution is 2.15. The van der Waals surface area contributed by atoms with Crippen LogP contribution in [0.25, 0.3) is 0 Å². The van der Waals surface area contributed by atoms with E-state index in [0.717, 1.165) is 22.6 Å². The Morgan fingerprint density at radius 1 is 1.28 bits per heavy atom. The van der Waals surface area contributed by atoms with Gasteiger partial charge in [0.15, 0.2) is 5.76 Å². The smallest absolute Gasteiger partial charge is 0.289 e. The first kappa shape index (κ1) is 17.0. The minimum Gasteiger partial charge on any atom is -0.454 e. The SMILES string of the molecule is Cc1cc(C)n(Cc2ccc(C(=O)N(C)Cc3cnn(C)c3C)o2)n1. The number of carbonyl (C=O) groups is 1. The van der Waals surface area contributed by atoms with Crippen LogP contribution in [0.1, 0.15) is 39.0 Å². The molecule has 3 rings (SSSR count). The number of hydrogen-bond acceptors (Lipinski definition) is 4. The Morgan fingerprint density at radius 3 is 2.64 bits per heavy atom. The molecule has 0 aliphatic carbocycles. The lowest BCUT2D eigenvalue weighted by Crippen LogP contribution is -2.26. The van der Waals surface area contributed by atoms with Crippen LogP contribution in [-0.4, -0.2) is 37.4 Å². The molecule has 3 aromatic rings. The average molecular weight is 341 g/mol. The average Bonchev–Trinajstić information content (AvgIpc) is 3.23. The fourth-order valence-corrected chi connectivity index (χ4v) is 2.78. The molecule has 0 aliphatic heterocycles. The van der Waals surface area contributed by atoms with Gasteiger partial charge in [-0.25, -0.2) is 0 Å². The summed E-state index contributed by atoms with van der Waals surface area (Å²) in [7, 11) is 3.65. The molecule has 1 amide bonds. The third-order valence-electron chi connectivity index (χ3n) is 4.37. The van der Waals surface area contributed by atoms with Crippen molar-refractivity contribution in [1.29, 1.82) is 0 Å². The number of rotatable bonds is 5. The van der Waals surface area contributed by atoms with Gasteiger partial charge in [0.2, 0.25) is 0 Å². The zero-order chi connectivity index (χ0) is 18.1. The molecule has 132 valence electrons. The largest absolute Gasteiger partial charge is 0.454 e. The van der Waals surface area contributed by atoms with E-state index in [1.165, 1.54) is 0 Å². The monoisotopic (exact) mass is 341 g/mol. The third kappa shape index (κ3) is 3.50. The molecule has 0 aliphatic rings. The van der Waals surface area contributed by atoms with E-state index in [-0.39, 0.29) is 5.91 Å². The molecular formula is C18H23N5O2. The lowest BCUT2D eigenvalue weighted by atomic mass is 10.2. The van der Waals surface area contributed by atoms with Crippen LogP contribution >= 0.6 is 0 Å². The van der Waals surface area contributed by atoms with E-state index >= 15 is 0 Å². The van der Waals surface area contributed by atoms with Gasteiger partial charge in [0, 0.05) is 37.6 Å². The molecule has 0 spiro atoms. The van der Waals surface area contributed by atoms with Gasteiger partial charge in [0.25, 0.3) is 5.91 Å². The Balaban J connectivity index is 1.69. The van der Waals surface area contributed by atoms with E-state index < -0.39 is 0 Å². The molecule has 3 aromatic heterocycles. The predicted molar refractivity (Wildman–Crippen MR) is 93.3 cm³/mol. The van der Waals surface area contributed by atoms with Crippen molar-refractivity contribution in [2.75, 3.05) is 7.05 Å². The van der Waals surface area contributed by atoms with Gasteiger partial charge in [-0.1, -0.05) is 0 Å². The van der Waals surface area contributed by atoms with Crippen molar-refractivity contribution in [3.05, 3.63) is 58.6 Å². The van der Waals surface area contributed by atoms with E-state index in [2.05, 4.69) is 10.2 Å². The lowest BCUT2D eigenvalue weighted by molar-refractivity contribution is 0.0751. The van der Waals surface area contributed by atoms with Gasteiger partial charge >= 0.3 is 0 Å². The van der Waals surface area contributed by atoms with Crippen LogP contribution in [0.4, 0.5) is 0 Å². The highest BCUT2D eigenvalue weighted by molar-refractivity contribution is 5.91. The van der Waals surface area contributed by atoms with Crippen molar-refractivity contribution in [2.45, 2.75) is 33.9 Å². The molecule has 0 bridgehead atoms. The zero-order valence-corrected chi connectivity index (χ0v) is 15.3. The van der Waals surface area contributed by atoms with Crippen molar-refractivity contribution in [1.82, 2.24) is 24.5 Å². The second-order valence-electron chi connectivity index (χ2n) is 6.39. The van der Waals surface area contributed by atoms with E-state index in [1.54, 1.807) is 28.9 Å². The Morgan fingerprint density at radius 2 is 2.04 bits per heavy atom. The third-order valence-corrected chi connectivity index (χ3v) is 4.37. The first-order valence-electron chi connectivity index (χ1n) is 8.18. The molecule has 0 aromatic carbocycles. The first-order chi connectivity index (χ1) is 11.8. The summed E-state index contributed by atoms with van der Waals surface area (Å²) in [5.74, 6) is 0.893. The van der Waals surface area contributed by atoms with Gasteiger partial charge in [-0.15, -0.1) is 0 Å². The molecular weight excluding hydrogens is 318 g/mol. The van der Waals surface area contributed by atoms with E-state index in [0.29, 0.717) is 24.6 Å². The van der Waals surface area contributed by atoms with Gasteiger partial charge in [0.05, 0.1) is 18.4 Å². The molecule has 7 heteroatoms. The molecule has 0 N–H and O–H groups in total. The second kappa shape index (κ2) is 6.58. The summed E-state index contributed by atoms with van der Waals surface area (Å²) in [5, 5.41) is 8.62. The summed E-state index contributed by atoms with van der Waals surface area (Å²) < 4.78 is 9.40. The molecule has 25 heavy (non-hydrogen) atoms. The molecule has 0 atom stereocenters. The molecule has 7 nitrogen and oxygen atoms in total. The van der Waals surface area contributed by atoms with Crippen LogP contribution in [0.5, 0.6) is 0 Å². The van der Waals surface area contributed by atoms with Gasteiger partial charge in [-0.05, 0) is 39.0 Å². The summed E-state index contributed by atoms with van der Waals surface area (Å²) in [5.41, 5.74) is 4.09. The molecule has 3 heterocycles. The number of aromatic nitrogens is 4. The fourth-order valence-electron chi connectivity index (χ4n) is 2.78. The highest BCUT2D eigenvalue weighted by atomic mass is 16.4. The van der Waals surface area contributed by atoms with Crippen molar-refractivity contribution in [2.24, 2.45) is 7.05 Å². The van der Waals surface area contributed by atoms with Crippen LogP contribution in [0.3, 0.4) is 0 Å². The Hall–Kier alpha value is -2.83. The predicted octanol–water partition coefficient (Wildman–Crippen LogP) is 2.46. The lowest BCUT2D eigenvalue weighted by Gasteiger charge is -2.15. The summed E-state index contributed by atoms with van der Waals surface area (Å²) in [6.07, 6.45) is 1.79. The van der Waals surface area contributed by atoms with Crippen molar-refractivity contribution in [3.8, 4) is 0 Å². The minimum absolute atomic E-state index is 0.150. The Labute approximate surface area is 146 Å². The van der Waals surface area contributed by atoms with Crippen LogP contribution < -0.4 is 0 Å². The maximum Gasteiger partial charge on any atom is 0.289 e. The van der Waals surface area contributed by atoms with Crippen molar-refractivity contribution in [3.63, 3.8) is 0 Å². The number of nitrogens with zero attached hydrogens (tertiary/aromatic N) is 5. The van der Waals surface area contributed by atoms with E-state index in [1.807, 2.05) is 44.6 Å². The van der Waals surface area contributed by atoms with Crippen molar-refractivity contribution < 1.29 is 9.21 Å². The zero-order valence-electron chi connectivity index (χ0n) is 15.3. The molecule has 0 saturated heterocycles.